The first kappa shape index (κ1) is 11.9. The minimum atomic E-state index is -0.223. The molecule has 0 radical (unpaired) electrons. The van der Waals surface area contributed by atoms with Gasteiger partial charge in [0.25, 0.3) is 0 Å². The minimum Gasteiger partial charge on any atom is -0.312 e. The van der Waals surface area contributed by atoms with Gasteiger partial charge in [-0.25, -0.2) is 4.39 Å². The molecule has 88 valence electrons. The van der Waals surface area contributed by atoms with E-state index in [1.807, 2.05) is 0 Å². The Bertz CT molecular complexity index is 363. The third-order valence-corrected chi connectivity index (χ3v) is 3.46. The van der Waals surface area contributed by atoms with E-state index in [-0.39, 0.29) is 5.82 Å². The quantitative estimate of drug-likeness (QED) is 0.831. The van der Waals surface area contributed by atoms with Crippen molar-refractivity contribution in [2.75, 3.05) is 6.54 Å². The van der Waals surface area contributed by atoms with E-state index >= 15 is 0 Å². The molecule has 0 bridgehead atoms. The summed E-state index contributed by atoms with van der Waals surface area (Å²) in [5.41, 5.74) is 0.687. The van der Waals surface area contributed by atoms with E-state index in [2.05, 4.69) is 12.2 Å². The lowest BCUT2D eigenvalue weighted by atomic mass is 10.1. The molecule has 1 aromatic carbocycles. The van der Waals surface area contributed by atoms with Crippen LogP contribution in [0.25, 0.3) is 0 Å². The summed E-state index contributed by atoms with van der Waals surface area (Å²) in [4.78, 5) is 0. The van der Waals surface area contributed by atoms with E-state index in [1.54, 1.807) is 12.1 Å². The zero-order valence-electron chi connectivity index (χ0n) is 9.47. The lowest BCUT2D eigenvalue weighted by Crippen LogP contribution is -2.22. The molecule has 1 nitrogen and oxygen atoms in total. The second-order valence-electron chi connectivity index (χ2n) is 4.68. The smallest absolute Gasteiger partial charge is 0.129 e. The predicted molar refractivity (Wildman–Crippen MR) is 65.0 cm³/mol. The lowest BCUT2D eigenvalue weighted by molar-refractivity contribution is 0.457. The molecule has 0 spiro atoms. The second-order valence-corrected chi connectivity index (χ2v) is 5.12. The summed E-state index contributed by atoms with van der Waals surface area (Å²) in [6.07, 6.45) is 2.72. The standard InChI is InChI=1S/C13H17ClFN/c1-9(10-2-3-10)7-16-8-11-4-5-12(14)6-13(11)15/h4-6,9-10,16H,2-3,7-8H2,1H3. The van der Waals surface area contributed by atoms with Crippen LogP contribution in [0.15, 0.2) is 18.2 Å². The zero-order chi connectivity index (χ0) is 11.5. The van der Waals surface area contributed by atoms with E-state index in [4.69, 9.17) is 11.6 Å². The maximum Gasteiger partial charge on any atom is 0.129 e. The van der Waals surface area contributed by atoms with Gasteiger partial charge in [0.2, 0.25) is 0 Å². The van der Waals surface area contributed by atoms with E-state index in [1.165, 1.54) is 18.9 Å². The van der Waals surface area contributed by atoms with Gasteiger partial charge in [-0.05, 0) is 43.4 Å². The Balaban J connectivity index is 1.80. The molecule has 0 amide bonds. The molecular formula is C13H17ClFN. The molecule has 1 saturated carbocycles. The highest BCUT2D eigenvalue weighted by atomic mass is 35.5. The summed E-state index contributed by atoms with van der Waals surface area (Å²) in [6, 6.07) is 4.83. The van der Waals surface area contributed by atoms with Crippen molar-refractivity contribution in [1.29, 1.82) is 0 Å². The average Bonchev–Trinajstić information content (AvgIpc) is 3.04. The molecule has 2 rings (SSSR count). The molecule has 0 saturated heterocycles. The molecular weight excluding hydrogens is 225 g/mol. The molecule has 1 aromatic rings. The van der Waals surface area contributed by atoms with Crippen molar-refractivity contribution in [3.8, 4) is 0 Å². The first-order valence-electron chi connectivity index (χ1n) is 5.81. The summed E-state index contributed by atoms with van der Waals surface area (Å²) in [5.74, 6) is 1.37. The third kappa shape index (κ3) is 3.19. The van der Waals surface area contributed by atoms with Crippen molar-refractivity contribution in [3.05, 3.63) is 34.6 Å². The van der Waals surface area contributed by atoms with Crippen molar-refractivity contribution in [3.63, 3.8) is 0 Å². The zero-order valence-corrected chi connectivity index (χ0v) is 10.2. The van der Waals surface area contributed by atoms with Crippen LogP contribution in [0, 0.1) is 17.7 Å². The van der Waals surface area contributed by atoms with E-state index in [9.17, 15) is 4.39 Å². The van der Waals surface area contributed by atoms with Crippen molar-refractivity contribution < 1.29 is 4.39 Å². The molecule has 1 unspecified atom stereocenters. The SMILES string of the molecule is CC(CNCc1ccc(Cl)cc1F)C1CC1. The van der Waals surface area contributed by atoms with Gasteiger partial charge in [0.1, 0.15) is 5.82 Å². The molecule has 3 heteroatoms. The Kier molecular flexibility index (Phi) is 3.82. The highest BCUT2D eigenvalue weighted by molar-refractivity contribution is 6.30. The topological polar surface area (TPSA) is 12.0 Å². The van der Waals surface area contributed by atoms with Gasteiger partial charge in [-0.1, -0.05) is 24.6 Å². The number of halogens is 2. The molecule has 1 atom stereocenters. The predicted octanol–water partition coefficient (Wildman–Crippen LogP) is 3.61. The van der Waals surface area contributed by atoms with Crippen molar-refractivity contribution >= 4 is 11.6 Å². The number of hydrogen-bond acceptors (Lipinski definition) is 1. The molecule has 0 aliphatic heterocycles. The molecule has 0 aromatic heterocycles. The minimum absolute atomic E-state index is 0.223. The van der Waals surface area contributed by atoms with Gasteiger partial charge >= 0.3 is 0 Å². The van der Waals surface area contributed by atoms with Crippen molar-refractivity contribution in [2.24, 2.45) is 11.8 Å². The van der Waals surface area contributed by atoms with Gasteiger partial charge in [-0.2, -0.15) is 0 Å². The highest BCUT2D eigenvalue weighted by Gasteiger charge is 2.27. The van der Waals surface area contributed by atoms with Crippen molar-refractivity contribution in [2.45, 2.75) is 26.3 Å². The van der Waals surface area contributed by atoms with Gasteiger partial charge in [0.15, 0.2) is 0 Å². The van der Waals surface area contributed by atoms with Gasteiger partial charge in [-0.15, -0.1) is 0 Å². The fourth-order valence-electron chi connectivity index (χ4n) is 1.93. The van der Waals surface area contributed by atoms with Crippen molar-refractivity contribution in [1.82, 2.24) is 5.32 Å². The summed E-state index contributed by atoms with van der Waals surface area (Å²) in [7, 11) is 0. The van der Waals surface area contributed by atoms with Crippen LogP contribution in [0.1, 0.15) is 25.3 Å². The summed E-state index contributed by atoms with van der Waals surface area (Å²) in [6.45, 7) is 3.80. The maximum absolute atomic E-state index is 13.4. The lowest BCUT2D eigenvalue weighted by Gasteiger charge is -2.11. The Morgan fingerprint density at radius 1 is 1.50 bits per heavy atom. The van der Waals surface area contributed by atoms with Gasteiger partial charge in [0, 0.05) is 17.1 Å². The maximum atomic E-state index is 13.4. The Morgan fingerprint density at radius 3 is 2.88 bits per heavy atom. The average molecular weight is 242 g/mol. The molecule has 1 N–H and O–H groups in total. The van der Waals surface area contributed by atoms with Crippen LogP contribution < -0.4 is 5.32 Å². The van der Waals surface area contributed by atoms with Crippen LogP contribution in [-0.2, 0) is 6.54 Å². The Morgan fingerprint density at radius 2 is 2.25 bits per heavy atom. The fourth-order valence-corrected chi connectivity index (χ4v) is 2.09. The first-order chi connectivity index (χ1) is 7.66. The number of nitrogens with one attached hydrogen (secondary N) is 1. The van der Waals surface area contributed by atoms with Crippen LogP contribution in [0.3, 0.4) is 0 Å². The molecule has 1 aliphatic carbocycles. The van der Waals surface area contributed by atoms with Crippen LogP contribution in [0.4, 0.5) is 4.39 Å². The van der Waals surface area contributed by atoms with Crippen LogP contribution in [0.2, 0.25) is 5.02 Å². The summed E-state index contributed by atoms with van der Waals surface area (Å²) in [5, 5.41) is 3.75. The Hall–Kier alpha value is -0.600. The van der Waals surface area contributed by atoms with E-state index < -0.39 is 0 Å². The highest BCUT2D eigenvalue weighted by Crippen LogP contribution is 2.36. The summed E-state index contributed by atoms with van der Waals surface area (Å²) >= 11 is 5.69. The van der Waals surface area contributed by atoms with Gasteiger partial charge in [-0.3, -0.25) is 0 Å². The van der Waals surface area contributed by atoms with Crippen LogP contribution in [-0.4, -0.2) is 6.54 Å². The van der Waals surface area contributed by atoms with Gasteiger partial charge in [0.05, 0.1) is 0 Å². The third-order valence-electron chi connectivity index (χ3n) is 3.22. The fraction of sp³-hybridized carbons (Fsp3) is 0.538. The summed E-state index contributed by atoms with van der Waals surface area (Å²) < 4.78 is 13.4. The van der Waals surface area contributed by atoms with Gasteiger partial charge < -0.3 is 5.32 Å². The van der Waals surface area contributed by atoms with E-state index in [0.717, 1.165) is 12.5 Å². The normalized spacial score (nSPS) is 17.4. The number of hydrogen-bond donors (Lipinski definition) is 1. The first-order valence-corrected chi connectivity index (χ1v) is 6.19. The monoisotopic (exact) mass is 241 g/mol. The second kappa shape index (κ2) is 5.15. The number of benzene rings is 1. The van der Waals surface area contributed by atoms with E-state index in [0.29, 0.717) is 23.0 Å². The van der Waals surface area contributed by atoms with Crippen LogP contribution in [0.5, 0.6) is 0 Å². The number of rotatable bonds is 5. The molecule has 1 aliphatic rings. The van der Waals surface area contributed by atoms with Crippen LogP contribution >= 0.6 is 11.6 Å². The molecule has 1 fully saturated rings. The molecule has 16 heavy (non-hydrogen) atoms. The largest absolute Gasteiger partial charge is 0.312 e. The Labute approximate surface area is 101 Å². The molecule has 0 heterocycles.